The van der Waals surface area contributed by atoms with Crippen molar-refractivity contribution in [3.05, 3.63) is 11.9 Å². The molecule has 1 atom stereocenters. The van der Waals surface area contributed by atoms with Crippen LogP contribution >= 0.6 is 0 Å². The Morgan fingerprint density at radius 2 is 2.12 bits per heavy atom. The minimum absolute atomic E-state index is 0.0666. The number of aryl methyl sites for hydroxylation is 1. The lowest BCUT2D eigenvalue weighted by atomic mass is 10.0. The lowest BCUT2D eigenvalue weighted by Gasteiger charge is -2.28. The molecule has 1 rings (SSSR count). The van der Waals surface area contributed by atoms with Gasteiger partial charge in [-0.15, -0.1) is 0 Å². The predicted octanol–water partition coefficient (Wildman–Crippen LogP) is 1.60. The number of anilines is 1. The van der Waals surface area contributed by atoms with Crippen LogP contribution in [-0.4, -0.2) is 33.7 Å². The van der Waals surface area contributed by atoms with Crippen molar-refractivity contribution in [3.8, 4) is 0 Å². The maximum absolute atomic E-state index is 12.3. The molecule has 0 aliphatic heterocycles. The highest BCUT2D eigenvalue weighted by molar-refractivity contribution is 5.97. The Kier molecular flexibility index (Phi) is 4.15. The van der Waals surface area contributed by atoms with Crippen LogP contribution in [0.2, 0.25) is 0 Å². The Hall–Kier alpha value is -1.52. The van der Waals surface area contributed by atoms with Crippen LogP contribution in [0.5, 0.6) is 0 Å². The summed E-state index contributed by atoms with van der Waals surface area (Å²) in [5, 5.41) is 4.09. The molecule has 1 unspecified atom stereocenters. The van der Waals surface area contributed by atoms with E-state index in [4.69, 9.17) is 5.73 Å². The Morgan fingerprint density at radius 1 is 1.53 bits per heavy atom. The maximum Gasteiger partial charge on any atom is 0.274 e. The standard InChI is InChI=1S/C12H22N4O/c1-6-16-11(10(13)7-14-16)12(17)15(5)9(4)8(2)3/h7-9H,6,13H2,1-5H3. The van der Waals surface area contributed by atoms with Gasteiger partial charge in [0.15, 0.2) is 0 Å². The van der Waals surface area contributed by atoms with Gasteiger partial charge >= 0.3 is 0 Å². The van der Waals surface area contributed by atoms with Crippen molar-refractivity contribution in [1.29, 1.82) is 0 Å². The third kappa shape index (κ3) is 2.60. The summed E-state index contributed by atoms with van der Waals surface area (Å²) in [4.78, 5) is 14.1. The number of carbonyl (C=O) groups excluding carboxylic acids is 1. The molecule has 17 heavy (non-hydrogen) atoms. The number of aromatic nitrogens is 2. The van der Waals surface area contributed by atoms with E-state index in [0.717, 1.165) is 0 Å². The third-order valence-corrected chi connectivity index (χ3v) is 3.27. The molecular weight excluding hydrogens is 216 g/mol. The van der Waals surface area contributed by atoms with Crippen molar-refractivity contribution in [2.45, 2.75) is 40.3 Å². The molecule has 0 aromatic carbocycles. The number of nitrogens with two attached hydrogens (primary N) is 1. The summed E-state index contributed by atoms with van der Waals surface area (Å²) < 4.78 is 1.64. The van der Waals surface area contributed by atoms with Crippen molar-refractivity contribution in [2.75, 3.05) is 12.8 Å². The van der Waals surface area contributed by atoms with Gasteiger partial charge in [-0.1, -0.05) is 13.8 Å². The fourth-order valence-corrected chi connectivity index (χ4v) is 1.67. The summed E-state index contributed by atoms with van der Waals surface area (Å²) in [5.74, 6) is 0.339. The van der Waals surface area contributed by atoms with Crippen LogP contribution in [0.1, 0.15) is 38.2 Å². The van der Waals surface area contributed by atoms with E-state index in [1.54, 1.807) is 16.6 Å². The summed E-state index contributed by atoms with van der Waals surface area (Å²) in [6.07, 6.45) is 1.53. The highest BCUT2D eigenvalue weighted by atomic mass is 16.2. The molecule has 96 valence electrons. The normalized spacial score (nSPS) is 12.8. The third-order valence-electron chi connectivity index (χ3n) is 3.27. The molecule has 0 spiro atoms. The van der Waals surface area contributed by atoms with E-state index in [-0.39, 0.29) is 11.9 Å². The van der Waals surface area contributed by atoms with Crippen molar-refractivity contribution in [3.63, 3.8) is 0 Å². The van der Waals surface area contributed by atoms with Gasteiger partial charge in [-0.2, -0.15) is 5.10 Å². The lowest BCUT2D eigenvalue weighted by Crippen LogP contribution is -2.39. The highest BCUT2D eigenvalue weighted by Gasteiger charge is 2.24. The smallest absolute Gasteiger partial charge is 0.274 e. The molecule has 1 aromatic heterocycles. The van der Waals surface area contributed by atoms with Gasteiger partial charge in [0, 0.05) is 19.6 Å². The van der Waals surface area contributed by atoms with E-state index < -0.39 is 0 Å². The molecule has 2 N–H and O–H groups in total. The van der Waals surface area contributed by atoms with Crippen LogP contribution in [0.15, 0.2) is 6.20 Å². The molecule has 0 radical (unpaired) electrons. The van der Waals surface area contributed by atoms with Gasteiger partial charge in [-0.25, -0.2) is 0 Å². The number of carbonyl (C=O) groups is 1. The van der Waals surface area contributed by atoms with E-state index in [0.29, 0.717) is 23.8 Å². The van der Waals surface area contributed by atoms with Crippen LogP contribution in [0, 0.1) is 5.92 Å². The fourth-order valence-electron chi connectivity index (χ4n) is 1.67. The summed E-state index contributed by atoms with van der Waals surface area (Å²) in [6, 6.07) is 0.169. The van der Waals surface area contributed by atoms with E-state index in [1.165, 1.54) is 6.20 Å². The Labute approximate surface area is 103 Å². The topological polar surface area (TPSA) is 64.2 Å². The molecule has 5 heteroatoms. The second kappa shape index (κ2) is 5.21. The summed E-state index contributed by atoms with van der Waals surface area (Å²) in [6.45, 7) is 8.80. The number of rotatable bonds is 4. The second-order valence-corrected chi connectivity index (χ2v) is 4.66. The first kappa shape index (κ1) is 13.5. The van der Waals surface area contributed by atoms with Crippen LogP contribution < -0.4 is 5.73 Å². The Morgan fingerprint density at radius 3 is 2.59 bits per heavy atom. The molecule has 1 aromatic rings. The second-order valence-electron chi connectivity index (χ2n) is 4.66. The van der Waals surface area contributed by atoms with E-state index in [2.05, 4.69) is 18.9 Å². The number of nitrogens with zero attached hydrogens (tertiary/aromatic N) is 3. The summed E-state index contributed by atoms with van der Waals surface area (Å²) >= 11 is 0. The molecule has 0 saturated heterocycles. The molecule has 0 aliphatic carbocycles. The first-order valence-corrected chi connectivity index (χ1v) is 5.98. The van der Waals surface area contributed by atoms with E-state index >= 15 is 0 Å². The van der Waals surface area contributed by atoms with Crippen LogP contribution in [0.4, 0.5) is 5.69 Å². The minimum atomic E-state index is -0.0666. The molecular formula is C12H22N4O. The van der Waals surface area contributed by atoms with Gasteiger partial charge in [0.2, 0.25) is 0 Å². The molecule has 0 saturated carbocycles. The monoisotopic (exact) mass is 238 g/mol. The van der Waals surface area contributed by atoms with Crippen molar-refractivity contribution >= 4 is 11.6 Å². The van der Waals surface area contributed by atoms with Gasteiger partial charge in [0.1, 0.15) is 5.69 Å². The number of hydrogen-bond donors (Lipinski definition) is 1. The molecule has 5 nitrogen and oxygen atoms in total. The summed E-state index contributed by atoms with van der Waals surface area (Å²) in [7, 11) is 1.80. The van der Waals surface area contributed by atoms with Crippen molar-refractivity contribution in [2.24, 2.45) is 5.92 Å². The van der Waals surface area contributed by atoms with Gasteiger partial charge < -0.3 is 10.6 Å². The zero-order valence-electron chi connectivity index (χ0n) is 11.3. The average molecular weight is 238 g/mol. The Bertz CT molecular complexity index is 397. The van der Waals surface area contributed by atoms with Crippen LogP contribution in [0.3, 0.4) is 0 Å². The molecule has 0 bridgehead atoms. The quantitative estimate of drug-likeness (QED) is 0.866. The van der Waals surface area contributed by atoms with E-state index in [1.807, 2.05) is 13.8 Å². The van der Waals surface area contributed by atoms with Gasteiger partial charge in [0.05, 0.1) is 11.9 Å². The summed E-state index contributed by atoms with van der Waals surface area (Å²) in [5.41, 5.74) is 6.73. The van der Waals surface area contributed by atoms with Gasteiger partial charge in [-0.05, 0) is 19.8 Å². The first-order chi connectivity index (χ1) is 7.90. The number of nitrogen functional groups attached to an aromatic ring is 1. The van der Waals surface area contributed by atoms with Gasteiger partial charge in [-0.3, -0.25) is 9.48 Å². The highest BCUT2D eigenvalue weighted by Crippen LogP contribution is 2.17. The van der Waals surface area contributed by atoms with Crippen LogP contribution in [-0.2, 0) is 6.54 Å². The van der Waals surface area contributed by atoms with Crippen molar-refractivity contribution in [1.82, 2.24) is 14.7 Å². The molecule has 1 amide bonds. The van der Waals surface area contributed by atoms with Crippen molar-refractivity contribution < 1.29 is 4.79 Å². The van der Waals surface area contributed by atoms with Crippen LogP contribution in [0.25, 0.3) is 0 Å². The molecule has 1 heterocycles. The number of amides is 1. The minimum Gasteiger partial charge on any atom is -0.396 e. The fraction of sp³-hybridized carbons (Fsp3) is 0.667. The Balaban J connectivity index is 3.00. The van der Waals surface area contributed by atoms with E-state index in [9.17, 15) is 4.79 Å². The largest absolute Gasteiger partial charge is 0.396 e. The first-order valence-electron chi connectivity index (χ1n) is 5.98. The van der Waals surface area contributed by atoms with Gasteiger partial charge in [0.25, 0.3) is 5.91 Å². The lowest BCUT2D eigenvalue weighted by molar-refractivity contribution is 0.0695. The SMILES string of the molecule is CCn1ncc(N)c1C(=O)N(C)C(C)C(C)C. The molecule has 0 aliphatic rings. The zero-order valence-corrected chi connectivity index (χ0v) is 11.3. The predicted molar refractivity (Wildman–Crippen MR) is 68.7 cm³/mol. The zero-order chi connectivity index (χ0) is 13.2. The maximum atomic E-state index is 12.3. The number of hydrogen-bond acceptors (Lipinski definition) is 3. The average Bonchev–Trinajstić information content (AvgIpc) is 2.67. The molecule has 0 fully saturated rings.